The molecule has 1 aromatic carbocycles. The van der Waals surface area contributed by atoms with Gasteiger partial charge in [0.1, 0.15) is 0 Å². The topological polar surface area (TPSA) is 32.3 Å². The number of nitrogens with one attached hydrogen (secondary N) is 1. The van der Waals surface area contributed by atoms with Gasteiger partial charge in [-0.15, -0.1) is 11.8 Å². The molecule has 1 amide bonds. The maximum atomic E-state index is 12.0. The molecule has 0 aromatic heterocycles. The second-order valence-corrected chi connectivity index (χ2v) is 5.85. The number of thioether (sulfide) groups is 1. The number of hydrogen-bond acceptors (Lipinski definition) is 3. The SMILES string of the molecule is CCNCc1cccc(SCC(=O)N2CCCC2)c1. The van der Waals surface area contributed by atoms with E-state index in [1.165, 1.54) is 10.5 Å². The van der Waals surface area contributed by atoms with Gasteiger partial charge < -0.3 is 10.2 Å². The molecular formula is C15H22N2OS. The monoisotopic (exact) mass is 278 g/mol. The van der Waals surface area contributed by atoms with Crippen LogP contribution in [0, 0.1) is 0 Å². The fourth-order valence-corrected chi connectivity index (χ4v) is 3.10. The van der Waals surface area contributed by atoms with Gasteiger partial charge in [-0.3, -0.25) is 4.79 Å². The summed E-state index contributed by atoms with van der Waals surface area (Å²) in [7, 11) is 0. The lowest BCUT2D eigenvalue weighted by molar-refractivity contribution is -0.127. The lowest BCUT2D eigenvalue weighted by Crippen LogP contribution is -2.29. The summed E-state index contributed by atoms with van der Waals surface area (Å²) in [6.45, 7) is 5.86. The van der Waals surface area contributed by atoms with Crippen LogP contribution in [0.5, 0.6) is 0 Å². The van der Waals surface area contributed by atoms with Crippen LogP contribution in [0.2, 0.25) is 0 Å². The van der Waals surface area contributed by atoms with Crippen LogP contribution in [-0.2, 0) is 11.3 Å². The third-order valence-corrected chi connectivity index (χ3v) is 4.28. The minimum Gasteiger partial charge on any atom is -0.342 e. The van der Waals surface area contributed by atoms with Gasteiger partial charge in [0.15, 0.2) is 0 Å². The quantitative estimate of drug-likeness (QED) is 0.812. The van der Waals surface area contributed by atoms with E-state index in [1.807, 2.05) is 4.90 Å². The van der Waals surface area contributed by atoms with Crippen molar-refractivity contribution in [2.24, 2.45) is 0 Å². The van der Waals surface area contributed by atoms with Crippen molar-refractivity contribution in [1.29, 1.82) is 0 Å². The molecule has 2 rings (SSSR count). The summed E-state index contributed by atoms with van der Waals surface area (Å²) in [6, 6.07) is 8.44. The van der Waals surface area contributed by atoms with E-state index in [0.29, 0.717) is 5.75 Å². The van der Waals surface area contributed by atoms with E-state index in [-0.39, 0.29) is 5.91 Å². The van der Waals surface area contributed by atoms with Gasteiger partial charge in [-0.2, -0.15) is 0 Å². The lowest BCUT2D eigenvalue weighted by atomic mass is 10.2. The Labute approximate surface area is 119 Å². The largest absolute Gasteiger partial charge is 0.342 e. The number of nitrogens with zero attached hydrogens (tertiary/aromatic N) is 1. The average Bonchev–Trinajstić information content (AvgIpc) is 2.97. The van der Waals surface area contributed by atoms with Crippen molar-refractivity contribution in [2.45, 2.75) is 31.2 Å². The van der Waals surface area contributed by atoms with Crippen molar-refractivity contribution < 1.29 is 4.79 Å². The first-order valence-corrected chi connectivity index (χ1v) is 7.98. The summed E-state index contributed by atoms with van der Waals surface area (Å²) < 4.78 is 0. The smallest absolute Gasteiger partial charge is 0.232 e. The molecule has 19 heavy (non-hydrogen) atoms. The number of benzene rings is 1. The predicted molar refractivity (Wildman–Crippen MR) is 80.4 cm³/mol. The lowest BCUT2D eigenvalue weighted by Gasteiger charge is -2.14. The standard InChI is InChI=1S/C15H22N2OS/c1-2-16-11-13-6-5-7-14(10-13)19-12-15(18)17-8-3-4-9-17/h5-7,10,16H,2-4,8-9,11-12H2,1H3. The normalized spacial score (nSPS) is 14.9. The molecule has 4 heteroatoms. The maximum Gasteiger partial charge on any atom is 0.232 e. The summed E-state index contributed by atoms with van der Waals surface area (Å²) in [4.78, 5) is 15.1. The van der Waals surface area contributed by atoms with Gasteiger partial charge in [-0.1, -0.05) is 19.1 Å². The zero-order valence-electron chi connectivity index (χ0n) is 11.5. The van der Waals surface area contributed by atoms with E-state index in [0.717, 1.165) is 39.0 Å². The maximum absolute atomic E-state index is 12.0. The highest BCUT2D eigenvalue weighted by Gasteiger charge is 2.17. The molecule has 1 aliphatic rings. The van der Waals surface area contributed by atoms with Crippen LogP contribution >= 0.6 is 11.8 Å². The Kier molecular flexibility index (Phi) is 5.73. The van der Waals surface area contributed by atoms with E-state index in [2.05, 4.69) is 36.5 Å². The first kappa shape index (κ1) is 14.4. The summed E-state index contributed by atoms with van der Waals surface area (Å²) in [5.74, 6) is 0.838. The van der Waals surface area contributed by atoms with Crippen LogP contribution in [-0.4, -0.2) is 36.2 Å². The molecule has 0 spiro atoms. The van der Waals surface area contributed by atoms with Crippen molar-refractivity contribution in [2.75, 3.05) is 25.4 Å². The number of hydrogen-bond donors (Lipinski definition) is 1. The van der Waals surface area contributed by atoms with Crippen molar-refractivity contribution in [3.63, 3.8) is 0 Å². The van der Waals surface area contributed by atoms with Gasteiger partial charge in [0.2, 0.25) is 5.91 Å². The summed E-state index contributed by atoms with van der Waals surface area (Å²) in [6.07, 6.45) is 2.32. The highest BCUT2D eigenvalue weighted by molar-refractivity contribution is 8.00. The van der Waals surface area contributed by atoms with Crippen LogP contribution in [0.1, 0.15) is 25.3 Å². The molecule has 0 atom stereocenters. The zero-order chi connectivity index (χ0) is 13.5. The van der Waals surface area contributed by atoms with E-state index >= 15 is 0 Å². The Morgan fingerprint density at radius 3 is 2.89 bits per heavy atom. The third-order valence-electron chi connectivity index (χ3n) is 3.30. The summed E-state index contributed by atoms with van der Waals surface area (Å²) in [5.41, 5.74) is 1.28. The second kappa shape index (κ2) is 7.56. The molecule has 0 unspecified atom stereocenters. The van der Waals surface area contributed by atoms with Crippen LogP contribution in [0.25, 0.3) is 0 Å². The van der Waals surface area contributed by atoms with Gasteiger partial charge >= 0.3 is 0 Å². The van der Waals surface area contributed by atoms with E-state index in [1.54, 1.807) is 11.8 Å². The highest BCUT2D eigenvalue weighted by atomic mass is 32.2. The van der Waals surface area contributed by atoms with Crippen LogP contribution < -0.4 is 5.32 Å². The first-order chi connectivity index (χ1) is 9.29. The number of amides is 1. The Morgan fingerprint density at radius 2 is 2.16 bits per heavy atom. The van der Waals surface area contributed by atoms with Gasteiger partial charge in [0.05, 0.1) is 5.75 Å². The fourth-order valence-electron chi connectivity index (χ4n) is 2.22. The molecule has 0 saturated carbocycles. The van der Waals surface area contributed by atoms with Gasteiger partial charge in [0, 0.05) is 24.5 Å². The van der Waals surface area contributed by atoms with Gasteiger partial charge in [-0.05, 0) is 37.1 Å². The molecule has 0 bridgehead atoms. The molecule has 1 aromatic rings. The summed E-state index contributed by atoms with van der Waals surface area (Å²) >= 11 is 1.64. The number of carbonyl (C=O) groups excluding carboxylic acids is 1. The highest BCUT2D eigenvalue weighted by Crippen LogP contribution is 2.20. The molecule has 1 N–H and O–H groups in total. The number of rotatable bonds is 6. The number of carbonyl (C=O) groups is 1. The van der Waals surface area contributed by atoms with Crippen molar-refractivity contribution in [1.82, 2.24) is 10.2 Å². The Balaban J connectivity index is 1.83. The Morgan fingerprint density at radius 1 is 1.37 bits per heavy atom. The second-order valence-electron chi connectivity index (χ2n) is 4.80. The van der Waals surface area contributed by atoms with E-state index in [9.17, 15) is 4.79 Å². The zero-order valence-corrected chi connectivity index (χ0v) is 12.3. The molecular weight excluding hydrogens is 256 g/mol. The van der Waals surface area contributed by atoms with Crippen molar-refractivity contribution >= 4 is 17.7 Å². The van der Waals surface area contributed by atoms with Gasteiger partial charge in [-0.25, -0.2) is 0 Å². The van der Waals surface area contributed by atoms with Crippen molar-refractivity contribution in [3.05, 3.63) is 29.8 Å². The Hall–Kier alpha value is -1.00. The predicted octanol–water partition coefficient (Wildman–Crippen LogP) is 2.51. The van der Waals surface area contributed by atoms with Crippen LogP contribution in [0.15, 0.2) is 29.2 Å². The van der Waals surface area contributed by atoms with Crippen molar-refractivity contribution in [3.8, 4) is 0 Å². The van der Waals surface area contributed by atoms with Crippen LogP contribution in [0.3, 0.4) is 0 Å². The molecule has 1 heterocycles. The Bertz CT molecular complexity index is 416. The molecule has 3 nitrogen and oxygen atoms in total. The first-order valence-electron chi connectivity index (χ1n) is 7.00. The minimum absolute atomic E-state index is 0.277. The molecule has 0 aliphatic carbocycles. The average molecular weight is 278 g/mol. The molecule has 104 valence electrons. The minimum atomic E-state index is 0.277. The number of likely N-dealkylation sites (tertiary alicyclic amines) is 1. The third kappa shape index (κ3) is 4.55. The molecule has 1 fully saturated rings. The molecule has 1 saturated heterocycles. The molecule has 1 aliphatic heterocycles. The van der Waals surface area contributed by atoms with E-state index in [4.69, 9.17) is 0 Å². The molecule has 0 radical (unpaired) electrons. The van der Waals surface area contributed by atoms with Gasteiger partial charge in [0.25, 0.3) is 0 Å². The summed E-state index contributed by atoms with van der Waals surface area (Å²) in [5, 5.41) is 3.32. The van der Waals surface area contributed by atoms with Crippen LogP contribution in [0.4, 0.5) is 0 Å². The van der Waals surface area contributed by atoms with E-state index < -0.39 is 0 Å². The fraction of sp³-hybridized carbons (Fsp3) is 0.533.